The van der Waals surface area contributed by atoms with Gasteiger partial charge in [-0.3, -0.25) is 4.98 Å². The Hall–Kier alpha value is -1.93. The summed E-state index contributed by atoms with van der Waals surface area (Å²) in [6.45, 7) is 0. The molecule has 0 atom stereocenters. The molecule has 0 saturated carbocycles. The highest BCUT2D eigenvalue weighted by atomic mass is 32.1. The Balaban J connectivity index is 1.85. The number of thiophene rings is 1. The van der Waals surface area contributed by atoms with Gasteiger partial charge in [0, 0.05) is 10.4 Å². The van der Waals surface area contributed by atoms with E-state index < -0.39 is 0 Å². The first-order valence-electron chi connectivity index (χ1n) is 6.55. The first-order chi connectivity index (χ1) is 9.40. The molecule has 0 aliphatic heterocycles. The zero-order valence-electron chi connectivity index (χ0n) is 10.5. The van der Waals surface area contributed by atoms with Gasteiger partial charge in [-0.15, -0.1) is 11.3 Å². The van der Waals surface area contributed by atoms with E-state index in [9.17, 15) is 0 Å². The van der Waals surface area contributed by atoms with Crippen molar-refractivity contribution in [1.82, 2.24) is 4.98 Å². The minimum atomic E-state index is 1.06. The first kappa shape index (κ1) is 10.9. The lowest BCUT2D eigenvalue weighted by atomic mass is 10.0. The number of nitrogens with zero attached hydrogens (tertiary/aromatic N) is 1. The molecule has 1 nitrogen and oxygen atoms in total. The van der Waals surface area contributed by atoms with Gasteiger partial charge in [0.1, 0.15) is 0 Å². The summed E-state index contributed by atoms with van der Waals surface area (Å²) in [6.07, 6.45) is 6.57. The van der Waals surface area contributed by atoms with Crippen molar-refractivity contribution in [1.29, 1.82) is 0 Å². The zero-order chi connectivity index (χ0) is 12.7. The summed E-state index contributed by atoms with van der Waals surface area (Å²) in [4.78, 5) is 6.10. The molecule has 4 rings (SSSR count). The van der Waals surface area contributed by atoms with Crippen LogP contribution < -0.4 is 0 Å². The summed E-state index contributed by atoms with van der Waals surface area (Å²) in [5.74, 6) is 0. The second kappa shape index (κ2) is 4.32. The monoisotopic (exact) mass is 263 g/mol. The van der Waals surface area contributed by atoms with E-state index in [1.807, 2.05) is 11.3 Å². The molecular weight excluding hydrogens is 250 g/mol. The number of rotatable bonds is 1. The second-order valence-electron chi connectivity index (χ2n) is 4.82. The van der Waals surface area contributed by atoms with Crippen molar-refractivity contribution in [2.24, 2.45) is 0 Å². The lowest BCUT2D eigenvalue weighted by molar-refractivity contribution is 0.930. The summed E-state index contributed by atoms with van der Waals surface area (Å²) in [6, 6.07) is 15.1. The van der Waals surface area contributed by atoms with Crippen LogP contribution in [-0.4, -0.2) is 4.98 Å². The molecule has 0 bridgehead atoms. The predicted octanol–water partition coefficient (Wildman–Crippen LogP) is 4.92. The van der Waals surface area contributed by atoms with Crippen LogP contribution in [-0.2, 0) is 6.42 Å². The fourth-order valence-corrected chi connectivity index (χ4v) is 3.57. The molecule has 1 aliphatic rings. The van der Waals surface area contributed by atoms with Gasteiger partial charge in [0.2, 0.25) is 0 Å². The molecule has 0 radical (unpaired) electrons. The van der Waals surface area contributed by atoms with E-state index in [-0.39, 0.29) is 0 Å². The topological polar surface area (TPSA) is 12.9 Å². The van der Waals surface area contributed by atoms with Crippen LogP contribution in [0.5, 0.6) is 0 Å². The molecule has 0 N–H and O–H groups in total. The molecule has 19 heavy (non-hydrogen) atoms. The van der Waals surface area contributed by atoms with Crippen LogP contribution >= 0.6 is 11.3 Å². The third kappa shape index (κ3) is 1.89. The third-order valence-electron chi connectivity index (χ3n) is 3.53. The third-order valence-corrected chi connectivity index (χ3v) is 4.67. The summed E-state index contributed by atoms with van der Waals surface area (Å²) in [7, 11) is 0. The van der Waals surface area contributed by atoms with Gasteiger partial charge >= 0.3 is 0 Å². The number of hydrogen-bond donors (Lipinski definition) is 0. The fourth-order valence-electron chi connectivity index (χ4n) is 2.54. The van der Waals surface area contributed by atoms with Crippen molar-refractivity contribution < 1.29 is 0 Å². The maximum atomic E-state index is 4.84. The van der Waals surface area contributed by atoms with Crippen molar-refractivity contribution in [3.05, 3.63) is 59.8 Å². The maximum Gasteiger partial charge on any atom is 0.0805 e. The highest BCUT2D eigenvalue weighted by molar-refractivity contribution is 7.22. The Morgan fingerprint density at radius 3 is 2.95 bits per heavy atom. The van der Waals surface area contributed by atoms with Gasteiger partial charge in [-0.1, -0.05) is 36.4 Å². The minimum absolute atomic E-state index is 1.06. The number of fused-ring (bicyclic) bond motifs is 2. The van der Waals surface area contributed by atoms with Crippen molar-refractivity contribution >= 4 is 27.5 Å². The lowest BCUT2D eigenvalue weighted by Gasteiger charge is -2.10. The molecule has 0 unspecified atom stereocenters. The molecule has 1 aromatic carbocycles. The second-order valence-corrected chi connectivity index (χ2v) is 5.91. The quantitative estimate of drug-likeness (QED) is 0.607. The summed E-state index contributed by atoms with van der Waals surface area (Å²) in [5.41, 5.74) is 3.61. The Morgan fingerprint density at radius 1 is 1.05 bits per heavy atom. The van der Waals surface area contributed by atoms with Gasteiger partial charge in [-0.2, -0.15) is 0 Å². The van der Waals surface area contributed by atoms with Crippen LogP contribution in [0.2, 0.25) is 0 Å². The van der Waals surface area contributed by atoms with Crippen LogP contribution in [0.1, 0.15) is 17.7 Å². The van der Waals surface area contributed by atoms with Crippen molar-refractivity contribution in [3.63, 3.8) is 0 Å². The smallest absolute Gasteiger partial charge is 0.0805 e. The molecule has 2 heteroatoms. The van der Waals surface area contributed by atoms with Gasteiger partial charge in [0.05, 0.1) is 10.6 Å². The summed E-state index contributed by atoms with van der Waals surface area (Å²) in [5, 5.41) is 1.31. The lowest BCUT2D eigenvalue weighted by Crippen LogP contribution is -1.98. The highest BCUT2D eigenvalue weighted by Crippen LogP contribution is 2.33. The first-order valence-corrected chi connectivity index (χ1v) is 7.37. The molecule has 0 spiro atoms. The molecule has 2 aromatic heterocycles. The molecule has 0 amide bonds. The Kier molecular flexibility index (Phi) is 2.49. The Labute approximate surface area is 116 Å². The molecule has 92 valence electrons. The van der Waals surface area contributed by atoms with Crippen LogP contribution in [0.25, 0.3) is 26.7 Å². The van der Waals surface area contributed by atoms with Gasteiger partial charge in [-0.25, -0.2) is 0 Å². The van der Waals surface area contributed by atoms with Crippen LogP contribution in [0.15, 0.2) is 48.5 Å². The van der Waals surface area contributed by atoms with Gasteiger partial charge in [0.25, 0.3) is 0 Å². The van der Waals surface area contributed by atoms with E-state index in [0.29, 0.717) is 0 Å². The van der Waals surface area contributed by atoms with Crippen LogP contribution in [0, 0.1) is 0 Å². The Bertz CT molecular complexity index is 750. The average molecular weight is 263 g/mol. The minimum Gasteiger partial charge on any atom is -0.251 e. The number of pyridine rings is 1. The van der Waals surface area contributed by atoms with Crippen molar-refractivity contribution in [2.75, 3.05) is 0 Å². The van der Waals surface area contributed by atoms with E-state index in [1.54, 1.807) is 0 Å². The molecule has 2 heterocycles. The normalized spacial score (nSPS) is 13.7. The van der Waals surface area contributed by atoms with Gasteiger partial charge < -0.3 is 0 Å². The van der Waals surface area contributed by atoms with E-state index in [4.69, 9.17) is 4.98 Å². The van der Waals surface area contributed by atoms with Crippen molar-refractivity contribution in [2.45, 2.75) is 12.8 Å². The SMILES string of the molecule is C1=Cc2ccc(-c3cc4ccccc4s3)nc2CC1. The Morgan fingerprint density at radius 2 is 2.00 bits per heavy atom. The fraction of sp³-hybridized carbons (Fsp3) is 0.118. The van der Waals surface area contributed by atoms with E-state index in [2.05, 4.69) is 54.6 Å². The standard InChI is InChI=1S/C17H13NS/c1-3-7-14-12(5-1)9-10-15(18-14)17-11-13-6-2-4-8-16(13)19-17/h1-2,4-6,8-11H,3,7H2. The average Bonchev–Trinajstić information content (AvgIpc) is 2.90. The zero-order valence-corrected chi connectivity index (χ0v) is 11.3. The number of aromatic nitrogens is 1. The molecule has 0 fully saturated rings. The van der Waals surface area contributed by atoms with Crippen LogP contribution in [0.4, 0.5) is 0 Å². The largest absolute Gasteiger partial charge is 0.251 e. The number of allylic oxidation sites excluding steroid dienone is 1. The van der Waals surface area contributed by atoms with E-state index in [1.165, 1.54) is 26.2 Å². The number of hydrogen-bond acceptors (Lipinski definition) is 2. The van der Waals surface area contributed by atoms with Gasteiger partial charge in [-0.05, 0) is 42.0 Å². The van der Waals surface area contributed by atoms with E-state index in [0.717, 1.165) is 18.5 Å². The molecular formula is C17H13NS. The summed E-state index contributed by atoms with van der Waals surface area (Å²) >= 11 is 1.82. The summed E-state index contributed by atoms with van der Waals surface area (Å²) < 4.78 is 1.33. The number of aryl methyl sites for hydroxylation is 1. The molecule has 1 aliphatic carbocycles. The predicted molar refractivity (Wildman–Crippen MR) is 82.4 cm³/mol. The maximum absolute atomic E-state index is 4.84. The van der Waals surface area contributed by atoms with Gasteiger partial charge in [0.15, 0.2) is 0 Å². The molecule has 3 aromatic rings. The number of benzene rings is 1. The highest BCUT2D eigenvalue weighted by Gasteiger charge is 2.10. The molecule has 0 saturated heterocycles. The van der Waals surface area contributed by atoms with Crippen molar-refractivity contribution in [3.8, 4) is 10.6 Å². The van der Waals surface area contributed by atoms with E-state index >= 15 is 0 Å². The van der Waals surface area contributed by atoms with Crippen LogP contribution in [0.3, 0.4) is 0 Å².